The van der Waals surface area contributed by atoms with Gasteiger partial charge in [0.25, 0.3) is 5.69 Å². The van der Waals surface area contributed by atoms with Crippen LogP contribution >= 0.6 is 11.6 Å². The number of carbonyl (C=O) groups is 1. The Labute approximate surface area is 125 Å². The highest BCUT2D eigenvalue weighted by atomic mass is 35.5. The minimum atomic E-state index is -1.20. The summed E-state index contributed by atoms with van der Waals surface area (Å²) in [6, 6.07) is 4.23. The standard InChI is InChI=1S/C13H15ClN2O5/c14-10-7-9(16(20)21)1-2-11(10)15-5-3-13(19,4-6-15)8-12(17)18/h1-2,7,19H,3-6,8H2,(H,17,18). The van der Waals surface area contributed by atoms with E-state index in [1.54, 1.807) is 6.07 Å². The van der Waals surface area contributed by atoms with Crippen LogP contribution in [0.2, 0.25) is 5.02 Å². The number of benzene rings is 1. The van der Waals surface area contributed by atoms with E-state index >= 15 is 0 Å². The van der Waals surface area contributed by atoms with E-state index in [9.17, 15) is 20.0 Å². The Balaban J connectivity index is 2.09. The van der Waals surface area contributed by atoms with Crippen LogP contribution in [0.5, 0.6) is 0 Å². The number of hydrogen-bond acceptors (Lipinski definition) is 5. The molecule has 0 bridgehead atoms. The summed E-state index contributed by atoms with van der Waals surface area (Å²) in [5, 5.41) is 29.9. The Hall–Kier alpha value is -1.86. The largest absolute Gasteiger partial charge is 0.481 e. The molecule has 0 amide bonds. The molecule has 0 spiro atoms. The fourth-order valence-electron chi connectivity index (χ4n) is 2.49. The van der Waals surface area contributed by atoms with Gasteiger partial charge in [0.05, 0.1) is 27.7 Å². The molecule has 1 aliphatic heterocycles. The number of hydrogen-bond donors (Lipinski definition) is 2. The summed E-state index contributed by atoms with van der Waals surface area (Å²) >= 11 is 6.06. The number of carboxylic acids is 1. The van der Waals surface area contributed by atoms with Crippen LogP contribution in [0.3, 0.4) is 0 Å². The third-order valence-corrected chi connectivity index (χ3v) is 3.96. The zero-order valence-corrected chi connectivity index (χ0v) is 11.9. The fourth-order valence-corrected chi connectivity index (χ4v) is 2.78. The molecule has 1 heterocycles. The average molecular weight is 315 g/mol. The van der Waals surface area contributed by atoms with Crippen LogP contribution in [0.15, 0.2) is 18.2 Å². The van der Waals surface area contributed by atoms with Gasteiger partial charge >= 0.3 is 5.97 Å². The lowest BCUT2D eigenvalue weighted by Crippen LogP contribution is -2.45. The molecule has 2 rings (SSSR count). The second-order valence-electron chi connectivity index (χ2n) is 5.17. The average Bonchev–Trinajstić information content (AvgIpc) is 2.38. The Morgan fingerprint density at radius 1 is 1.43 bits per heavy atom. The van der Waals surface area contributed by atoms with Gasteiger partial charge in [-0.25, -0.2) is 0 Å². The molecule has 1 saturated heterocycles. The van der Waals surface area contributed by atoms with Gasteiger partial charge in [-0.15, -0.1) is 0 Å². The Morgan fingerprint density at radius 2 is 2.05 bits per heavy atom. The third kappa shape index (κ3) is 3.62. The number of anilines is 1. The molecule has 0 aromatic heterocycles. The lowest BCUT2D eigenvalue weighted by Gasteiger charge is -2.38. The first kappa shape index (κ1) is 15.5. The highest BCUT2D eigenvalue weighted by Gasteiger charge is 2.35. The van der Waals surface area contributed by atoms with Gasteiger partial charge in [0.2, 0.25) is 0 Å². The second kappa shape index (κ2) is 5.87. The monoisotopic (exact) mass is 314 g/mol. The molecule has 1 fully saturated rings. The van der Waals surface area contributed by atoms with Crippen LogP contribution in [0.4, 0.5) is 11.4 Å². The van der Waals surface area contributed by atoms with Gasteiger partial charge in [-0.1, -0.05) is 11.6 Å². The van der Waals surface area contributed by atoms with Crippen LogP contribution in [0.1, 0.15) is 19.3 Å². The predicted octanol–water partition coefficient (Wildman–Crippen LogP) is 2.05. The van der Waals surface area contributed by atoms with E-state index < -0.39 is 16.5 Å². The zero-order valence-electron chi connectivity index (χ0n) is 11.2. The van der Waals surface area contributed by atoms with Crippen molar-refractivity contribution in [3.63, 3.8) is 0 Å². The van der Waals surface area contributed by atoms with Crippen LogP contribution < -0.4 is 4.90 Å². The van der Waals surface area contributed by atoms with Gasteiger partial charge in [0.1, 0.15) is 0 Å². The minimum Gasteiger partial charge on any atom is -0.481 e. The molecule has 7 nitrogen and oxygen atoms in total. The number of aliphatic carboxylic acids is 1. The van der Waals surface area contributed by atoms with Crippen LogP contribution in [-0.4, -0.2) is 39.8 Å². The molecule has 0 aliphatic carbocycles. The summed E-state index contributed by atoms with van der Waals surface area (Å²) in [6.07, 6.45) is 0.341. The summed E-state index contributed by atoms with van der Waals surface area (Å²) < 4.78 is 0. The smallest absolute Gasteiger partial charge is 0.306 e. The van der Waals surface area contributed by atoms with Gasteiger partial charge in [0.15, 0.2) is 0 Å². The molecule has 1 aromatic carbocycles. The van der Waals surface area contributed by atoms with E-state index in [1.165, 1.54) is 12.1 Å². The predicted molar refractivity (Wildman–Crippen MR) is 76.8 cm³/mol. The first-order valence-electron chi connectivity index (χ1n) is 6.44. The number of halogens is 1. The molecule has 8 heteroatoms. The van der Waals surface area contributed by atoms with E-state index in [2.05, 4.69) is 0 Å². The van der Waals surface area contributed by atoms with E-state index in [4.69, 9.17) is 16.7 Å². The molecule has 1 aromatic rings. The van der Waals surface area contributed by atoms with E-state index in [-0.39, 0.29) is 17.1 Å². The molecule has 0 atom stereocenters. The number of non-ortho nitro benzene ring substituents is 1. The maximum absolute atomic E-state index is 10.7. The maximum Gasteiger partial charge on any atom is 0.306 e. The van der Waals surface area contributed by atoms with Crippen LogP contribution in [-0.2, 0) is 4.79 Å². The molecule has 2 N–H and O–H groups in total. The first-order chi connectivity index (χ1) is 9.81. The molecule has 1 aliphatic rings. The summed E-state index contributed by atoms with van der Waals surface area (Å²) in [7, 11) is 0. The van der Waals surface area contributed by atoms with Crippen molar-refractivity contribution in [3.05, 3.63) is 33.3 Å². The Bertz CT molecular complexity index is 570. The fraction of sp³-hybridized carbons (Fsp3) is 0.462. The number of nitrogens with zero attached hydrogens (tertiary/aromatic N) is 2. The number of rotatable bonds is 4. The molecule has 0 radical (unpaired) electrons. The van der Waals surface area contributed by atoms with Gasteiger partial charge in [-0.2, -0.15) is 0 Å². The molecular formula is C13H15ClN2O5. The van der Waals surface area contributed by atoms with E-state index in [0.717, 1.165) is 0 Å². The van der Waals surface area contributed by atoms with Crippen molar-refractivity contribution in [2.24, 2.45) is 0 Å². The Morgan fingerprint density at radius 3 is 2.52 bits per heavy atom. The molecular weight excluding hydrogens is 300 g/mol. The lowest BCUT2D eigenvalue weighted by atomic mass is 9.88. The lowest BCUT2D eigenvalue weighted by molar-refractivity contribution is -0.384. The van der Waals surface area contributed by atoms with Crippen molar-refractivity contribution in [1.82, 2.24) is 0 Å². The normalized spacial score (nSPS) is 17.5. The topological polar surface area (TPSA) is 104 Å². The summed E-state index contributed by atoms with van der Waals surface area (Å²) in [5.41, 5.74) is -0.627. The Kier molecular flexibility index (Phi) is 4.34. The molecule has 114 valence electrons. The van der Waals surface area contributed by atoms with Crippen molar-refractivity contribution < 1.29 is 19.9 Å². The van der Waals surface area contributed by atoms with Crippen LogP contribution in [0.25, 0.3) is 0 Å². The van der Waals surface area contributed by atoms with Crippen molar-refractivity contribution in [1.29, 1.82) is 0 Å². The summed E-state index contributed by atoms with van der Waals surface area (Å²) in [6.45, 7) is 0.891. The number of piperidine rings is 1. The van der Waals surface area contributed by atoms with Crippen molar-refractivity contribution in [2.75, 3.05) is 18.0 Å². The van der Waals surface area contributed by atoms with Crippen molar-refractivity contribution in [2.45, 2.75) is 24.9 Å². The summed E-state index contributed by atoms with van der Waals surface area (Å²) in [5.74, 6) is -1.03. The molecule has 21 heavy (non-hydrogen) atoms. The minimum absolute atomic E-state index is 0.0804. The first-order valence-corrected chi connectivity index (χ1v) is 6.82. The SMILES string of the molecule is O=C(O)CC1(O)CCN(c2ccc([N+](=O)[O-])cc2Cl)CC1. The van der Waals surface area contributed by atoms with Crippen LogP contribution in [0, 0.1) is 10.1 Å². The van der Waals surface area contributed by atoms with Gasteiger partial charge in [-0.3, -0.25) is 14.9 Å². The second-order valence-corrected chi connectivity index (χ2v) is 5.58. The maximum atomic E-state index is 10.7. The van der Waals surface area contributed by atoms with Crippen molar-refractivity contribution in [3.8, 4) is 0 Å². The molecule has 0 saturated carbocycles. The number of nitro groups is 1. The van der Waals surface area contributed by atoms with E-state index in [1.807, 2.05) is 4.90 Å². The zero-order chi connectivity index (χ0) is 15.6. The van der Waals surface area contributed by atoms with Gasteiger partial charge in [0, 0.05) is 25.2 Å². The number of aliphatic hydroxyl groups is 1. The highest BCUT2D eigenvalue weighted by molar-refractivity contribution is 6.33. The van der Waals surface area contributed by atoms with E-state index in [0.29, 0.717) is 31.6 Å². The summed E-state index contributed by atoms with van der Waals surface area (Å²) in [4.78, 5) is 22.8. The van der Waals surface area contributed by atoms with Crippen molar-refractivity contribution >= 4 is 28.9 Å². The quantitative estimate of drug-likeness (QED) is 0.651. The number of nitro benzene ring substituents is 1. The molecule has 0 unspecified atom stereocenters. The third-order valence-electron chi connectivity index (χ3n) is 3.66. The number of carboxylic acid groups (broad SMARTS) is 1. The highest BCUT2D eigenvalue weighted by Crippen LogP contribution is 2.34. The van der Waals surface area contributed by atoms with Gasteiger partial charge < -0.3 is 15.1 Å². The van der Waals surface area contributed by atoms with Gasteiger partial charge in [-0.05, 0) is 18.9 Å².